The summed E-state index contributed by atoms with van der Waals surface area (Å²) in [5.74, 6) is 0. The lowest BCUT2D eigenvalue weighted by Gasteiger charge is -2.18. The number of benzene rings is 1. The number of aryl methyl sites for hydroxylation is 1. The molecule has 0 aliphatic carbocycles. The quantitative estimate of drug-likeness (QED) is 0.887. The summed E-state index contributed by atoms with van der Waals surface area (Å²) in [7, 11) is 1.93. The molecule has 2 aromatic rings. The molecule has 3 nitrogen and oxygen atoms in total. The van der Waals surface area contributed by atoms with Crippen molar-refractivity contribution in [3.63, 3.8) is 0 Å². The second-order valence-electron chi connectivity index (χ2n) is 4.10. The number of nitrogens with zero attached hydrogens (tertiary/aromatic N) is 2. The average Bonchev–Trinajstić information content (AvgIpc) is 2.76. The zero-order chi connectivity index (χ0) is 13.1. The molecule has 0 radical (unpaired) electrons. The molecule has 18 heavy (non-hydrogen) atoms. The molecule has 0 aliphatic rings. The number of hydrogen-bond acceptors (Lipinski definition) is 2. The topological polar surface area (TPSA) is 29.9 Å². The van der Waals surface area contributed by atoms with Gasteiger partial charge in [0.1, 0.15) is 0 Å². The SMILES string of the molecule is CCNC(c1cnn(C)c1)c1cc(Br)ccc1Br. The first-order chi connectivity index (χ1) is 8.61. The van der Waals surface area contributed by atoms with Gasteiger partial charge in [0.15, 0.2) is 0 Å². The number of rotatable bonds is 4. The zero-order valence-corrected chi connectivity index (χ0v) is 13.5. The van der Waals surface area contributed by atoms with Crippen LogP contribution in [-0.2, 0) is 7.05 Å². The van der Waals surface area contributed by atoms with Crippen molar-refractivity contribution >= 4 is 31.9 Å². The lowest BCUT2D eigenvalue weighted by molar-refractivity contribution is 0.627. The minimum atomic E-state index is 0.149. The molecule has 0 aliphatic heterocycles. The van der Waals surface area contributed by atoms with E-state index in [0.29, 0.717) is 0 Å². The van der Waals surface area contributed by atoms with Gasteiger partial charge in [-0.15, -0.1) is 0 Å². The van der Waals surface area contributed by atoms with Gasteiger partial charge >= 0.3 is 0 Å². The Bertz CT molecular complexity index is 537. The molecule has 0 fully saturated rings. The van der Waals surface area contributed by atoms with Crippen molar-refractivity contribution in [1.82, 2.24) is 15.1 Å². The van der Waals surface area contributed by atoms with Gasteiger partial charge in [0.2, 0.25) is 0 Å². The van der Waals surface area contributed by atoms with E-state index in [1.165, 1.54) is 5.56 Å². The summed E-state index contributed by atoms with van der Waals surface area (Å²) in [5, 5.41) is 7.74. The van der Waals surface area contributed by atoms with Crippen molar-refractivity contribution in [1.29, 1.82) is 0 Å². The molecule has 2 rings (SSSR count). The molecule has 1 unspecified atom stereocenters. The van der Waals surface area contributed by atoms with Crippen LogP contribution in [0.5, 0.6) is 0 Å². The lowest BCUT2D eigenvalue weighted by Crippen LogP contribution is -2.22. The Morgan fingerprint density at radius 3 is 2.78 bits per heavy atom. The smallest absolute Gasteiger partial charge is 0.0619 e. The molecule has 1 heterocycles. The third-order valence-electron chi connectivity index (χ3n) is 2.74. The van der Waals surface area contributed by atoms with Crippen molar-refractivity contribution in [2.24, 2.45) is 7.05 Å². The first-order valence-electron chi connectivity index (χ1n) is 5.78. The van der Waals surface area contributed by atoms with Gasteiger partial charge in [-0.3, -0.25) is 4.68 Å². The van der Waals surface area contributed by atoms with Crippen molar-refractivity contribution in [3.05, 3.63) is 50.7 Å². The van der Waals surface area contributed by atoms with Crippen LogP contribution < -0.4 is 5.32 Å². The summed E-state index contributed by atoms with van der Waals surface area (Å²) >= 11 is 7.14. The van der Waals surface area contributed by atoms with Gasteiger partial charge in [-0.25, -0.2) is 0 Å². The molecule has 0 saturated heterocycles. The van der Waals surface area contributed by atoms with Crippen molar-refractivity contribution in [2.45, 2.75) is 13.0 Å². The molecule has 0 amide bonds. The molecule has 1 aromatic carbocycles. The fourth-order valence-corrected chi connectivity index (χ4v) is 2.79. The monoisotopic (exact) mass is 371 g/mol. The van der Waals surface area contributed by atoms with Gasteiger partial charge in [0, 0.05) is 27.8 Å². The lowest BCUT2D eigenvalue weighted by atomic mass is 10.0. The van der Waals surface area contributed by atoms with E-state index in [0.717, 1.165) is 21.1 Å². The predicted octanol–water partition coefficient (Wildman–Crippen LogP) is 3.64. The summed E-state index contributed by atoms with van der Waals surface area (Å²) in [6.07, 6.45) is 3.95. The Labute approximate surface area is 124 Å². The Hall–Kier alpha value is -0.650. The number of nitrogens with one attached hydrogen (secondary N) is 1. The maximum absolute atomic E-state index is 4.25. The Balaban J connectivity index is 2.44. The molecule has 1 N–H and O–H groups in total. The summed E-state index contributed by atoms with van der Waals surface area (Å²) in [5.41, 5.74) is 2.37. The highest BCUT2D eigenvalue weighted by atomic mass is 79.9. The summed E-state index contributed by atoms with van der Waals surface area (Å²) in [6, 6.07) is 6.36. The van der Waals surface area contributed by atoms with E-state index >= 15 is 0 Å². The Kier molecular flexibility index (Phi) is 4.59. The van der Waals surface area contributed by atoms with Crippen LogP contribution in [0.25, 0.3) is 0 Å². The molecule has 1 aromatic heterocycles. The average molecular weight is 373 g/mol. The number of hydrogen-bond donors (Lipinski definition) is 1. The van der Waals surface area contributed by atoms with Crippen LogP contribution in [0.2, 0.25) is 0 Å². The van der Waals surface area contributed by atoms with Gasteiger partial charge in [-0.2, -0.15) is 5.10 Å². The van der Waals surface area contributed by atoms with Crippen LogP contribution in [0, 0.1) is 0 Å². The summed E-state index contributed by atoms with van der Waals surface area (Å²) < 4.78 is 4.00. The Morgan fingerprint density at radius 1 is 1.39 bits per heavy atom. The molecular weight excluding hydrogens is 358 g/mol. The summed E-state index contributed by atoms with van der Waals surface area (Å²) in [4.78, 5) is 0. The van der Waals surface area contributed by atoms with E-state index in [2.05, 4.69) is 61.3 Å². The van der Waals surface area contributed by atoms with E-state index in [1.54, 1.807) is 0 Å². The minimum Gasteiger partial charge on any atom is -0.306 e. The molecule has 0 spiro atoms. The van der Waals surface area contributed by atoms with E-state index in [1.807, 2.05) is 30.2 Å². The fraction of sp³-hybridized carbons (Fsp3) is 0.308. The van der Waals surface area contributed by atoms with Crippen molar-refractivity contribution in [3.8, 4) is 0 Å². The van der Waals surface area contributed by atoms with Crippen LogP contribution >= 0.6 is 31.9 Å². The molecular formula is C13H15Br2N3. The van der Waals surface area contributed by atoms with E-state index in [9.17, 15) is 0 Å². The molecule has 0 bridgehead atoms. The zero-order valence-electron chi connectivity index (χ0n) is 10.3. The van der Waals surface area contributed by atoms with Gasteiger partial charge in [0.05, 0.1) is 12.2 Å². The van der Waals surface area contributed by atoms with Crippen molar-refractivity contribution in [2.75, 3.05) is 6.54 Å². The molecule has 0 saturated carbocycles. The second kappa shape index (κ2) is 5.99. The van der Waals surface area contributed by atoms with Gasteiger partial charge in [0.25, 0.3) is 0 Å². The first kappa shape index (κ1) is 13.8. The largest absolute Gasteiger partial charge is 0.306 e. The summed E-state index contributed by atoms with van der Waals surface area (Å²) in [6.45, 7) is 3.01. The first-order valence-corrected chi connectivity index (χ1v) is 7.37. The standard InChI is InChI=1S/C13H15Br2N3/c1-3-16-13(9-7-17-18(2)8-9)11-6-10(14)4-5-12(11)15/h4-8,13,16H,3H2,1-2H3. The Morgan fingerprint density at radius 2 is 2.17 bits per heavy atom. The fourth-order valence-electron chi connectivity index (χ4n) is 1.94. The van der Waals surface area contributed by atoms with E-state index in [4.69, 9.17) is 0 Å². The van der Waals surface area contributed by atoms with Gasteiger partial charge in [-0.1, -0.05) is 38.8 Å². The van der Waals surface area contributed by atoms with E-state index < -0.39 is 0 Å². The van der Waals surface area contributed by atoms with Crippen molar-refractivity contribution < 1.29 is 0 Å². The maximum Gasteiger partial charge on any atom is 0.0619 e. The normalized spacial score (nSPS) is 12.7. The van der Waals surface area contributed by atoms with Crippen LogP contribution in [0.3, 0.4) is 0 Å². The third kappa shape index (κ3) is 3.02. The van der Waals surface area contributed by atoms with Crippen LogP contribution in [0.15, 0.2) is 39.5 Å². The second-order valence-corrected chi connectivity index (χ2v) is 5.87. The third-order valence-corrected chi connectivity index (χ3v) is 3.95. The van der Waals surface area contributed by atoms with Gasteiger partial charge < -0.3 is 5.32 Å². The van der Waals surface area contributed by atoms with E-state index in [-0.39, 0.29) is 6.04 Å². The van der Waals surface area contributed by atoms with Crippen LogP contribution in [0.4, 0.5) is 0 Å². The van der Waals surface area contributed by atoms with Crippen LogP contribution in [-0.4, -0.2) is 16.3 Å². The van der Waals surface area contributed by atoms with Gasteiger partial charge in [-0.05, 0) is 30.3 Å². The number of halogens is 2. The minimum absolute atomic E-state index is 0.149. The molecule has 5 heteroatoms. The highest BCUT2D eigenvalue weighted by molar-refractivity contribution is 9.11. The predicted molar refractivity (Wildman–Crippen MR) is 80.6 cm³/mol. The highest BCUT2D eigenvalue weighted by Crippen LogP contribution is 2.30. The number of aromatic nitrogens is 2. The molecule has 96 valence electrons. The van der Waals surface area contributed by atoms with Crippen LogP contribution in [0.1, 0.15) is 24.1 Å². The highest BCUT2D eigenvalue weighted by Gasteiger charge is 2.17. The maximum atomic E-state index is 4.25. The molecule has 1 atom stereocenters.